The molecule has 0 aliphatic carbocycles. The lowest BCUT2D eigenvalue weighted by molar-refractivity contribution is -0.154. The monoisotopic (exact) mass is 663 g/mol. The number of nitrogens with zero attached hydrogens (tertiary/aromatic N) is 3. The standard InChI is InChI=1S/C40H45N3O6/c1-6-22-41(25-28-14-10-8-11-15-28)36(45)33-34-37(46)43(32(26-44)29-16-12-9-13-17-29)35(40(34)24-27(3)39(33,4)49-40)38(47)42(23-7-2)30-18-20-31(48-5)21-19-30/h6-21,27,32-35,44H,1-2,22-26H2,3-5H3/t27?,32-,33+,34+,35?,39-,40?/m1/s1. The number of ether oxygens (including phenoxy) is 2. The Kier molecular flexibility index (Phi) is 9.51. The molecular formula is C40H45N3O6. The number of hydrogen-bond donors (Lipinski definition) is 1. The fraction of sp³-hybridized carbons (Fsp3) is 0.375. The Morgan fingerprint density at radius 2 is 1.63 bits per heavy atom. The molecule has 7 atom stereocenters. The van der Waals surface area contributed by atoms with Crippen LogP contribution in [0.25, 0.3) is 0 Å². The van der Waals surface area contributed by atoms with E-state index in [1.54, 1.807) is 53.3 Å². The normalized spacial score (nSPS) is 27.3. The molecule has 3 heterocycles. The Bertz CT molecular complexity index is 1700. The summed E-state index contributed by atoms with van der Waals surface area (Å²) < 4.78 is 12.4. The number of aliphatic hydroxyl groups is 1. The maximum Gasteiger partial charge on any atom is 0.253 e. The molecule has 3 aliphatic rings. The van der Waals surface area contributed by atoms with Crippen molar-refractivity contribution in [3.05, 3.63) is 121 Å². The van der Waals surface area contributed by atoms with Gasteiger partial charge in [-0.1, -0.05) is 79.7 Å². The molecule has 0 saturated carbocycles. The van der Waals surface area contributed by atoms with Gasteiger partial charge in [-0.15, -0.1) is 13.2 Å². The molecule has 3 aromatic carbocycles. The van der Waals surface area contributed by atoms with Crippen LogP contribution < -0.4 is 9.64 Å². The van der Waals surface area contributed by atoms with Crippen molar-refractivity contribution in [3.8, 4) is 5.75 Å². The minimum Gasteiger partial charge on any atom is -0.497 e. The molecule has 3 aromatic rings. The van der Waals surface area contributed by atoms with E-state index in [-0.39, 0.29) is 36.7 Å². The Balaban J connectivity index is 1.49. The van der Waals surface area contributed by atoms with Crippen LogP contribution in [0.2, 0.25) is 0 Å². The molecule has 3 amide bonds. The smallest absolute Gasteiger partial charge is 0.253 e. The van der Waals surface area contributed by atoms with E-state index in [1.807, 2.05) is 74.5 Å². The lowest BCUT2D eigenvalue weighted by Crippen LogP contribution is -2.57. The Morgan fingerprint density at radius 3 is 2.22 bits per heavy atom. The maximum absolute atomic E-state index is 15.2. The summed E-state index contributed by atoms with van der Waals surface area (Å²) in [6.45, 7) is 12.1. The molecule has 3 aliphatic heterocycles. The van der Waals surface area contributed by atoms with Gasteiger partial charge in [0.2, 0.25) is 11.8 Å². The van der Waals surface area contributed by atoms with E-state index in [0.717, 1.165) is 5.56 Å². The number of anilines is 1. The lowest BCUT2D eigenvalue weighted by Gasteiger charge is -2.39. The highest BCUT2D eigenvalue weighted by Gasteiger charge is 2.80. The molecular weight excluding hydrogens is 618 g/mol. The molecule has 9 heteroatoms. The highest BCUT2D eigenvalue weighted by atomic mass is 16.5. The van der Waals surface area contributed by atoms with Crippen molar-refractivity contribution in [2.24, 2.45) is 17.8 Å². The molecule has 6 rings (SSSR count). The van der Waals surface area contributed by atoms with Gasteiger partial charge in [-0.3, -0.25) is 14.4 Å². The van der Waals surface area contributed by atoms with Crippen molar-refractivity contribution in [1.82, 2.24) is 9.80 Å². The van der Waals surface area contributed by atoms with Gasteiger partial charge in [0.15, 0.2) is 0 Å². The van der Waals surface area contributed by atoms with Crippen LogP contribution in [0.5, 0.6) is 5.75 Å². The van der Waals surface area contributed by atoms with Crippen LogP contribution >= 0.6 is 0 Å². The Labute approximate surface area is 288 Å². The van der Waals surface area contributed by atoms with E-state index in [0.29, 0.717) is 30.0 Å². The molecule has 49 heavy (non-hydrogen) atoms. The minimum absolute atomic E-state index is 0.152. The first kappa shape index (κ1) is 34.1. The molecule has 3 fully saturated rings. The number of rotatable bonds is 13. The highest BCUT2D eigenvalue weighted by molar-refractivity contribution is 6.05. The second kappa shape index (κ2) is 13.6. The van der Waals surface area contributed by atoms with Crippen LogP contribution in [0.4, 0.5) is 5.69 Å². The molecule has 0 aromatic heterocycles. The summed E-state index contributed by atoms with van der Waals surface area (Å²) in [6.07, 6.45) is 3.72. The van der Waals surface area contributed by atoms with Crippen LogP contribution in [0, 0.1) is 17.8 Å². The largest absolute Gasteiger partial charge is 0.497 e. The predicted molar refractivity (Wildman–Crippen MR) is 187 cm³/mol. The van der Waals surface area contributed by atoms with Crippen molar-refractivity contribution in [2.45, 2.75) is 50.1 Å². The molecule has 3 unspecified atom stereocenters. The minimum atomic E-state index is -1.32. The van der Waals surface area contributed by atoms with Crippen molar-refractivity contribution in [1.29, 1.82) is 0 Å². The van der Waals surface area contributed by atoms with Crippen LogP contribution in [0.15, 0.2) is 110 Å². The van der Waals surface area contributed by atoms with Crippen molar-refractivity contribution in [2.75, 3.05) is 31.7 Å². The number of methoxy groups -OCH3 is 1. The summed E-state index contributed by atoms with van der Waals surface area (Å²) in [5.74, 6) is -2.29. The van der Waals surface area contributed by atoms with Gasteiger partial charge in [-0.05, 0) is 54.7 Å². The number of hydrogen-bond acceptors (Lipinski definition) is 6. The van der Waals surface area contributed by atoms with Crippen LogP contribution in [0.1, 0.15) is 37.4 Å². The van der Waals surface area contributed by atoms with Gasteiger partial charge in [0.05, 0.1) is 37.2 Å². The van der Waals surface area contributed by atoms with Crippen molar-refractivity contribution >= 4 is 23.4 Å². The number of benzene rings is 3. The molecule has 9 nitrogen and oxygen atoms in total. The van der Waals surface area contributed by atoms with E-state index in [9.17, 15) is 9.90 Å². The van der Waals surface area contributed by atoms with Gasteiger partial charge in [0, 0.05) is 25.3 Å². The summed E-state index contributed by atoms with van der Waals surface area (Å²) in [7, 11) is 1.57. The third-order valence-corrected chi connectivity index (χ3v) is 10.8. The SMILES string of the molecule is C=CCN(Cc1ccccc1)C(=O)[C@@H]1[C@H]2C(=O)N([C@H](CO)c3ccccc3)C(C(=O)N(CC=C)c3ccc(OC)cc3)C23CC(C)[C@@]1(C)O3. The summed E-state index contributed by atoms with van der Waals surface area (Å²) in [4.78, 5) is 49.9. The molecule has 3 saturated heterocycles. The summed E-state index contributed by atoms with van der Waals surface area (Å²) in [5.41, 5.74) is -0.100. The number of fused-ring (bicyclic) bond motifs is 1. The van der Waals surface area contributed by atoms with E-state index in [4.69, 9.17) is 9.47 Å². The average molecular weight is 664 g/mol. The fourth-order valence-corrected chi connectivity index (χ4v) is 8.45. The molecule has 1 N–H and O–H groups in total. The van der Waals surface area contributed by atoms with E-state index >= 15 is 9.59 Å². The van der Waals surface area contributed by atoms with Crippen LogP contribution in [0.3, 0.4) is 0 Å². The predicted octanol–water partition coefficient (Wildman–Crippen LogP) is 5.17. The topological polar surface area (TPSA) is 99.6 Å². The van der Waals surface area contributed by atoms with Gasteiger partial charge in [-0.2, -0.15) is 0 Å². The number of carbonyl (C=O) groups excluding carboxylic acids is 3. The fourth-order valence-electron chi connectivity index (χ4n) is 8.45. The Morgan fingerprint density at radius 1 is 1.00 bits per heavy atom. The number of likely N-dealkylation sites (tertiary alicyclic amines) is 1. The van der Waals surface area contributed by atoms with Gasteiger partial charge in [-0.25, -0.2) is 0 Å². The summed E-state index contributed by atoms with van der Waals surface area (Å²) in [6, 6.07) is 24.0. The second-order valence-corrected chi connectivity index (χ2v) is 13.5. The summed E-state index contributed by atoms with van der Waals surface area (Å²) >= 11 is 0. The van der Waals surface area contributed by atoms with E-state index in [2.05, 4.69) is 13.2 Å². The highest BCUT2D eigenvalue weighted by Crippen LogP contribution is 2.66. The van der Waals surface area contributed by atoms with Crippen molar-refractivity contribution in [3.63, 3.8) is 0 Å². The van der Waals surface area contributed by atoms with Crippen LogP contribution in [-0.4, -0.2) is 76.7 Å². The van der Waals surface area contributed by atoms with Crippen LogP contribution in [-0.2, 0) is 25.7 Å². The Hall–Kier alpha value is -4.73. The zero-order valence-corrected chi connectivity index (χ0v) is 28.4. The zero-order chi connectivity index (χ0) is 34.9. The average Bonchev–Trinajstić information content (AvgIpc) is 3.64. The molecule has 0 radical (unpaired) electrons. The van der Waals surface area contributed by atoms with E-state index < -0.39 is 41.7 Å². The van der Waals surface area contributed by atoms with E-state index in [1.165, 1.54) is 4.90 Å². The lowest BCUT2D eigenvalue weighted by atomic mass is 9.62. The second-order valence-electron chi connectivity index (χ2n) is 13.5. The van der Waals surface area contributed by atoms with Crippen molar-refractivity contribution < 1.29 is 29.0 Å². The molecule has 256 valence electrons. The first-order chi connectivity index (χ1) is 23.6. The van der Waals surface area contributed by atoms with Gasteiger partial charge in [0.1, 0.15) is 17.4 Å². The molecule has 1 spiro atoms. The number of aliphatic hydroxyl groups excluding tert-OH is 1. The third kappa shape index (κ3) is 5.64. The maximum atomic E-state index is 15.2. The quantitative estimate of drug-likeness (QED) is 0.254. The van der Waals surface area contributed by atoms with Gasteiger partial charge in [0.25, 0.3) is 5.91 Å². The summed E-state index contributed by atoms with van der Waals surface area (Å²) in [5, 5.41) is 10.9. The zero-order valence-electron chi connectivity index (χ0n) is 28.4. The first-order valence-corrected chi connectivity index (χ1v) is 16.8. The van der Waals surface area contributed by atoms with Gasteiger partial charge >= 0.3 is 0 Å². The third-order valence-electron chi connectivity index (χ3n) is 10.8. The van der Waals surface area contributed by atoms with Gasteiger partial charge < -0.3 is 29.3 Å². The number of carbonyl (C=O) groups is 3. The first-order valence-electron chi connectivity index (χ1n) is 16.8. The number of amides is 3. The molecule has 2 bridgehead atoms.